The molecule has 0 fully saturated rings. The molecule has 0 aliphatic carbocycles. The van der Waals surface area contributed by atoms with E-state index in [1.807, 2.05) is 93.6 Å². The molecule has 5 rings (SSSR count). The summed E-state index contributed by atoms with van der Waals surface area (Å²) in [6.07, 6.45) is 1.58. The summed E-state index contributed by atoms with van der Waals surface area (Å²) in [4.78, 5) is 34.3. The number of ether oxygens (including phenoxy) is 1. The summed E-state index contributed by atoms with van der Waals surface area (Å²) < 4.78 is 12.8. The number of fused-ring (bicyclic) bond motifs is 1. The molecule has 0 N–H and O–H groups in total. The molecule has 192 valence electrons. The van der Waals surface area contributed by atoms with Crippen LogP contribution in [0.2, 0.25) is 0 Å². The second-order valence-corrected chi connectivity index (χ2v) is 9.11. The van der Waals surface area contributed by atoms with Gasteiger partial charge in [0.05, 0.1) is 42.0 Å². The molecule has 0 bridgehead atoms. The second-order valence-electron chi connectivity index (χ2n) is 9.11. The van der Waals surface area contributed by atoms with Crippen LogP contribution >= 0.6 is 0 Å². The van der Waals surface area contributed by atoms with Crippen molar-refractivity contribution >= 4 is 16.8 Å². The summed E-state index contributed by atoms with van der Waals surface area (Å²) in [7, 11) is 0. The lowest BCUT2D eigenvalue weighted by Crippen LogP contribution is -2.37. The minimum absolute atomic E-state index is 0.186. The quantitative estimate of drug-likeness (QED) is 0.254. The predicted molar refractivity (Wildman–Crippen MR) is 147 cm³/mol. The molecule has 2 heterocycles. The molecule has 1 atom stereocenters. The zero-order valence-corrected chi connectivity index (χ0v) is 21.6. The number of amides is 1. The SMILES string of the molecule is CCOc1ccc(-n2c(C(C)N(Cc3ccco3)C(=O)c3ccc(C)cc3)nc3ccccc3c2=O)cc1. The molecule has 0 saturated carbocycles. The van der Waals surface area contributed by atoms with Crippen LogP contribution < -0.4 is 10.3 Å². The Morgan fingerprint density at radius 2 is 1.74 bits per heavy atom. The molecule has 1 amide bonds. The molecule has 7 heteroatoms. The molecule has 7 nitrogen and oxygen atoms in total. The monoisotopic (exact) mass is 507 g/mol. The normalized spacial score (nSPS) is 11.9. The zero-order valence-electron chi connectivity index (χ0n) is 21.6. The number of aromatic nitrogens is 2. The van der Waals surface area contributed by atoms with Gasteiger partial charge in [-0.15, -0.1) is 0 Å². The van der Waals surface area contributed by atoms with Crippen LogP contribution in [0.3, 0.4) is 0 Å². The number of carbonyl (C=O) groups excluding carboxylic acids is 1. The number of nitrogens with zero attached hydrogens (tertiary/aromatic N) is 3. The Labute approximate surface area is 220 Å². The first-order valence-electron chi connectivity index (χ1n) is 12.6. The lowest BCUT2D eigenvalue weighted by molar-refractivity contribution is 0.0648. The standard InChI is InChI=1S/C31H29N3O4/c1-4-37-25-17-15-24(16-18-25)34-29(32-28-10-6-5-9-27(28)31(34)36)22(3)33(20-26-8-7-19-38-26)30(35)23-13-11-21(2)12-14-23/h5-19,22H,4,20H2,1-3H3. The van der Waals surface area contributed by atoms with Crippen molar-refractivity contribution in [3.05, 3.63) is 124 Å². The number of para-hydroxylation sites is 1. The smallest absolute Gasteiger partial charge is 0.266 e. The van der Waals surface area contributed by atoms with E-state index >= 15 is 0 Å². The van der Waals surface area contributed by atoms with Crippen molar-refractivity contribution in [1.29, 1.82) is 0 Å². The largest absolute Gasteiger partial charge is 0.494 e. The van der Waals surface area contributed by atoms with Gasteiger partial charge in [0.1, 0.15) is 17.3 Å². The van der Waals surface area contributed by atoms with Gasteiger partial charge in [-0.05, 0) is 81.4 Å². The van der Waals surface area contributed by atoms with Crippen LogP contribution in [-0.2, 0) is 6.54 Å². The molecule has 5 aromatic rings. The van der Waals surface area contributed by atoms with Crippen LogP contribution in [0.25, 0.3) is 16.6 Å². The molecule has 38 heavy (non-hydrogen) atoms. The minimum Gasteiger partial charge on any atom is -0.494 e. The van der Waals surface area contributed by atoms with Gasteiger partial charge in [0.15, 0.2) is 0 Å². The van der Waals surface area contributed by atoms with E-state index in [0.29, 0.717) is 46.1 Å². The number of hydrogen-bond acceptors (Lipinski definition) is 5. The molecule has 1 unspecified atom stereocenters. The van der Waals surface area contributed by atoms with Gasteiger partial charge >= 0.3 is 0 Å². The van der Waals surface area contributed by atoms with E-state index in [1.165, 1.54) is 0 Å². The third kappa shape index (κ3) is 4.95. The Kier molecular flexibility index (Phi) is 7.09. The number of furan rings is 1. The van der Waals surface area contributed by atoms with Crippen molar-refractivity contribution in [3.63, 3.8) is 0 Å². The second kappa shape index (κ2) is 10.8. The van der Waals surface area contributed by atoms with Crippen LogP contribution in [0, 0.1) is 6.92 Å². The molecule has 0 saturated heterocycles. The van der Waals surface area contributed by atoms with Gasteiger partial charge in [-0.25, -0.2) is 4.98 Å². The third-order valence-corrected chi connectivity index (χ3v) is 6.51. The topological polar surface area (TPSA) is 77.6 Å². The van der Waals surface area contributed by atoms with E-state index in [-0.39, 0.29) is 18.0 Å². The fraction of sp³-hybridized carbons (Fsp3) is 0.194. The van der Waals surface area contributed by atoms with Gasteiger partial charge in [0.25, 0.3) is 11.5 Å². The van der Waals surface area contributed by atoms with Gasteiger partial charge in [-0.1, -0.05) is 29.8 Å². The number of benzene rings is 3. The van der Waals surface area contributed by atoms with E-state index in [2.05, 4.69) is 0 Å². The molecule has 3 aromatic carbocycles. The summed E-state index contributed by atoms with van der Waals surface area (Å²) in [5.41, 5.74) is 2.61. The average Bonchev–Trinajstić information content (AvgIpc) is 3.46. The van der Waals surface area contributed by atoms with Gasteiger partial charge < -0.3 is 14.1 Å². The molecule has 0 aliphatic rings. The lowest BCUT2D eigenvalue weighted by atomic mass is 10.1. The summed E-state index contributed by atoms with van der Waals surface area (Å²) in [6, 6.07) is 25.1. The highest BCUT2D eigenvalue weighted by Crippen LogP contribution is 2.27. The van der Waals surface area contributed by atoms with Gasteiger partial charge in [-0.3, -0.25) is 14.2 Å². The van der Waals surface area contributed by atoms with Gasteiger partial charge in [0.2, 0.25) is 0 Å². The van der Waals surface area contributed by atoms with E-state index in [4.69, 9.17) is 14.1 Å². The van der Waals surface area contributed by atoms with Gasteiger partial charge in [-0.2, -0.15) is 0 Å². The lowest BCUT2D eigenvalue weighted by Gasteiger charge is -2.30. The molecular weight excluding hydrogens is 478 g/mol. The minimum atomic E-state index is -0.572. The van der Waals surface area contributed by atoms with Crippen molar-refractivity contribution in [1.82, 2.24) is 14.5 Å². The number of carbonyl (C=O) groups is 1. The maximum atomic E-state index is 13.9. The van der Waals surface area contributed by atoms with Crippen LogP contribution in [0.15, 0.2) is 100 Å². The Morgan fingerprint density at radius 1 is 1.00 bits per heavy atom. The van der Waals surface area contributed by atoms with Crippen molar-refractivity contribution in [3.8, 4) is 11.4 Å². The number of hydrogen-bond donors (Lipinski definition) is 0. The Hall–Kier alpha value is -4.65. The van der Waals surface area contributed by atoms with E-state index in [1.54, 1.807) is 27.9 Å². The fourth-order valence-corrected chi connectivity index (χ4v) is 4.49. The van der Waals surface area contributed by atoms with E-state index in [9.17, 15) is 9.59 Å². The van der Waals surface area contributed by atoms with Crippen molar-refractivity contribution < 1.29 is 13.9 Å². The van der Waals surface area contributed by atoms with Crippen LogP contribution in [0.1, 0.15) is 47.4 Å². The first-order valence-corrected chi connectivity index (χ1v) is 12.6. The highest BCUT2D eigenvalue weighted by molar-refractivity contribution is 5.94. The fourth-order valence-electron chi connectivity index (χ4n) is 4.49. The Bertz CT molecular complexity index is 1600. The summed E-state index contributed by atoms with van der Waals surface area (Å²) in [5.74, 6) is 1.61. The summed E-state index contributed by atoms with van der Waals surface area (Å²) in [5, 5.41) is 0.500. The Balaban J connectivity index is 1.67. The number of rotatable bonds is 8. The predicted octanol–water partition coefficient (Wildman–Crippen LogP) is 6.09. The first kappa shape index (κ1) is 25.0. The van der Waals surface area contributed by atoms with Crippen molar-refractivity contribution in [2.45, 2.75) is 33.4 Å². The maximum absolute atomic E-state index is 13.9. The highest BCUT2D eigenvalue weighted by atomic mass is 16.5. The molecule has 0 spiro atoms. The van der Waals surface area contributed by atoms with Crippen molar-refractivity contribution in [2.24, 2.45) is 0 Å². The highest BCUT2D eigenvalue weighted by Gasteiger charge is 2.28. The van der Waals surface area contributed by atoms with Crippen LogP contribution in [-0.4, -0.2) is 27.0 Å². The van der Waals surface area contributed by atoms with Crippen molar-refractivity contribution in [2.75, 3.05) is 6.61 Å². The van der Waals surface area contributed by atoms with Crippen LogP contribution in [0.4, 0.5) is 0 Å². The summed E-state index contributed by atoms with van der Waals surface area (Å²) >= 11 is 0. The van der Waals surface area contributed by atoms with Crippen LogP contribution in [0.5, 0.6) is 5.75 Å². The molecule has 0 radical (unpaired) electrons. The molecular formula is C31H29N3O4. The third-order valence-electron chi connectivity index (χ3n) is 6.51. The first-order chi connectivity index (χ1) is 18.5. The Morgan fingerprint density at radius 3 is 2.42 bits per heavy atom. The number of aryl methyl sites for hydroxylation is 1. The summed E-state index contributed by atoms with van der Waals surface area (Å²) in [6.45, 7) is 6.54. The van der Waals surface area contributed by atoms with Gasteiger partial charge in [0, 0.05) is 5.56 Å². The molecule has 0 aliphatic heterocycles. The van der Waals surface area contributed by atoms with E-state index < -0.39 is 6.04 Å². The van der Waals surface area contributed by atoms with E-state index in [0.717, 1.165) is 5.56 Å². The zero-order chi connectivity index (χ0) is 26.6. The molecule has 2 aromatic heterocycles. The average molecular weight is 508 g/mol. The maximum Gasteiger partial charge on any atom is 0.266 e.